The number of hydrogen-bond acceptors (Lipinski definition) is 2. The van der Waals surface area contributed by atoms with Gasteiger partial charge in [-0.05, 0) is 31.0 Å². The van der Waals surface area contributed by atoms with Gasteiger partial charge in [-0.25, -0.2) is 0 Å². The number of rotatable bonds is 2. The lowest BCUT2D eigenvalue weighted by atomic mass is 10.1. The molecule has 0 atom stereocenters. The molecule has 0 bridgehead atoms. The van der Waals surface area contributed by atoms with Gasteiger partial charge >= 0.3 is 0 Å². The highest BCUT2D eigenvalue weighted by Gasteiger charge is 2.35. The maximum atomic E-state index is 12.3. The summed E-state index contributed by atoms with van der Waals surface area (Å²) in [6.45, 7) is 2.48. The van der Waals surface area contributed by atoms with Crippen molar-refractivity contribution in [3.05, 3.63) is 34.9 Å². The second-order valence-corrected chi connectivity index (χ2v) is 5.84. The average Bonchev–Trinajstić information content (AvgIpc) is 3.30. The van der Waals surface area contributed by atoms with E-state index in [1.54, 1.807) is 29.2 Å². The molecule has 5 heteroatoms. The summed E-state index contributed by atoms with van der Waals surface area (Å²) in [7, 11) is 0. The molecule has 1 saturated heterocycles. The molecule has 4 nitrogen and oxygen atoms in total. The van der Waals surface area contributed by atoms with Crippen molar-refractivity contribution in [1.82, 2.24) is 9.80 Å². The summed E-state index contributed by atoms with van der Waals surface area (Å²) in [5, 5.41) is 0.568. The summed E-state index contributed by atoms with van der Waals surface area (Å²) < 4.78 is 0. The Kier molecular flexibility index (Phi) is 3.66. The zero-order chi connectivity index (χ0) is 14.1. The molecule has 1 aliphatic carbocycles. The van der Waals surface area contributed by atoms with Gasteiger partial charge in [0.05, 0.1) is 0 Å². The Balaban J connectivity index is 1.60. The highest BCUT2D eigenvalue weighted by Crippen LogP contribution is 2.31. The van der Waals surface area contributed by atoms with Crippen LogP contribution in [-0.4, -0.2) is 47.8 Å². The molecule has 1 aromatic rings. The molecular weight excluding hydrogens is 276 g/mol. The van der Waals surface area contributed by atoms with Crippen molar-refractivity contribution in [3.8, 4) is 0 Å². The van der Waals surface area contributed by atoms with Crippen LogP contribution >= 0.6 is 11.6 Å². The van der Waals surface area contributed by atoms with Gasteiger partial charge < -0.3 is 9.80 Å². The molecule has 3 rings (SSSR count). The molecule has 0 unspecified atom stereocenters. The van der Waals surface area contributed by atoms with E-state index >= 15 is 0 Å². The number of carbonyl (C=O) groups excluding carboxylic acids is 2. The predicted molar refractivity (Wildman–Crippen MR) is 76.7 cm³/mol. The highest BCUT2D eigenvalue weighted by atomic mass is 35.5. The second kappa shape index (κ2) is 5.44. The Hall–Kier alpha value is -1.55. The van der Waals surface area contributed by atoms with Crippen LogP contribution < -0.4 is 0 Å². The molecule has 1 saturated carbocycles. The van der Waals surface area contributed by atoms with E-state index in [0.717, 1.165) is 12.8 Å². The third-order valence-corrected chi connectivity index (χ3v) is 4.11. The first-order valence-corrected chi connectivity index (χ1v) is 7.36. The van der Waals surface area contributed by atoms with Crippen molar-refractivity contribution >= 4 is 23.4 Å². The molecule has 1 heterocycles. The number of nitrogens with zero attached hydrogens (tertiary/aromatic N) is 2. The van der Waals surface area contributed by atoms with Gasteiger partial charge in [0.2, 0.25) is 5.91 Å². The first-order chi connectivity index (χ1) is 9.65. The monoisotopic (exact) mass is 292 g/mol. The minimum Gasteiger partial charge on any atom is -0.339 e. The highest BCUT2D eigenvalue weighted by molar-refractivity contribution is 6.30. The zero-order valence-corrected chi connectivity index (χ0v) is 12.0. The quantitative estimate of drug-likeness (QED) is 0.837. The first-order valence-electron chi connectivity index (χ1n) is 6.99. The van der Waals surface area contributed by atoms with Crippen molar-refractivity contribution in [3.63, 3.8) is 0 Å². The van der Waals surface area contributed by atoms with Gasteiger partial charge in [0.15, 0.2) is 0 Å². The van der Waals surface area contributed by atoms with Crippen LogP contribution in [0.3, 0.4) is 0 Å². The molecule has 2 amide bonds. The Labute approximate surface area is 123 Å². The minimum absolute atomic E-state index is 0.00831. The lowest BCUT2D eigenvalue weighted by Crippen LogP contribution is -2.51. The van der Waals surface area contributed by atoms with Crippen molar-refractivity contribution in [2.45, 2.75) is 12.8 Å². The van der Waals surface area contributed by atoms with Crippen LogP contribution in [0, 0.1) is 5.92 Å². The maximum Gasteiger partial charge on any atom is 0.254 e. The lowest BCUT2D eigenvalue weighted by molar-refractivity contribution is -0.134. The molecule has 0 N–H and O–H groups in total. The van der Waals surface area contributed by atoms with Crippen molar-refractivity contribution in [2.75, 3.05) is 26.2 Å². The van der Waals surface area contributed by atoms with Crippen LogP contribution in [0.4, 0.5) is 0 Å². The molecule has 0 radical (unpaired) electrons. The van der Waals surface area contributed by atoms with E-state index in [0.29, 0.717) is 36.8 Å². The summed E-state index contributed by atoms with van der Waals surface area (Å²) >= 11 is 5.91. The molecule has 2 fully saturated rings. The van der Waals surface area contributed by atoms with E-state index in [-0.39, 0.29) is 17.7 Å². The standard InChI is InChI=1S/C15H17ClN2O2/c16-13-3-1-2-12(10-13)15(20)18-8-6-17(7-9-18)14(19)11-4-5-11/h1-3,10-11H,4-9H2. The summed E-state index contributed by atoms with van der Waals surface area (Å²) in [6, 6.07) is 6.99. The fourth-order valence-corrected chi connectivity index (χ4v) is 2.71. The molecule has 0 spiro atoms. The molecule has 1 aliphatic heterocycles. The van der Waals surface area contributed by atoms with Crippen LogP contribution in [0.5, 0.6) is 0 Å². The molecule has 1 aromatic carbocycles. The molecular formula is C15H17ClN2O2. The largest absolute Gasteiger partial charge is 0.339 e. The van der Waals surface area contributed by atoms with Crippen LogP contribution in [0.25, 0.3) is 0 Å². The SMILES string of the molecule is O=C(c1cccc(Cl)c1)N1CCN(C(=O)C2CC2)CC1. The van der Waals surface area contributed by atoms with Gasteiger partial charge in [0, 0.05) is 42.7 Å². The summed E-state index contributed by atoms with van der Waals surface area (Å²) in [5.74, 6) is 0.510. The van der Waals surface area contributed by atoms with E-state index in [9.17, 15) is 9.59 Å². The van der Waals surface area contributed by atoms with E-state index in [2.05, 4.69) is 0 Å². The van der Waals surface area contributed by atoms with Crippen molar-refractivity contribution < 1.29 is 9.59 Å². The van der Waals surface area contributed by atoms with Gasteiger partial charge in [-0.15, -0.1) is 0 Å². The van der Waals surface area contributed by atoms with Crippen LogP contribution in [0.2, 0.25) is 5.02 Å². The van der Waals surface area contributed by atoms with Crippen LogP contribution in [0.1, 0.15) is 23.2 Å². The van der Waals surface area contributed by atoms with E-state index < -0.39 is 0 Å². The van der Waals surface area contributed by atoms with E-state index in [1.165, 1.54) is 0 Å². The third kappa shape index (κ3) is 2.80. The fourth-order valence-electron chi connectivity index (χ4n) is 2.52. The Morgan fingerprint density at radius 1 is 1.05 bits per heavy atom. The topological polar surface area (TPSA) is 40.6 Å². The molecule has 106 valence electrons. The Morgan fingerprint density at radius 3 is 2.30 bits per heavy atom. The van der Waals surface area contributed by atoms with Crippen LogP contribution in [-0.2, 0) is 4.79 Å². The number of benzene rings is 1. The smallest absolute Gasteiger partial charge is 0.254 e. The summed E-state index contributed by atoms with van der Waals surface area (Å²) in [6.07, 6.45) is 2.06. The summed E-state index contributed by atoms with van der Waals surface area (Å²) in [5.41, 5.74) is 0.611. The number of piperazine rings is 1. The Morgan fingerprint density at radius 2 is 1.70 bits per heavy atom. The Bertz CT molecular complexity index is 534. The number of hydrogen-bond donors (Lipinski definition) is 0. The molecule has 20 heavy (non-hydrogen) atoms. The van der Waals surface area contributed by atoms with Crippen LogP contribution in [0.15, 0.2) is 24.3 Å². The average molecular weight is 293 g/mol. The first kappa shape index (κ1) is 13.4. The van der Waals surface area contributed by atoms with Gasteiger partial charge in [-0.3, -0.25) is 9.59 Å². The van der Waals surface area contributed by atoms with E-state index in [1.807, 2.05) is 4.90 Å². The number of carbonyl (C=O) groups is 2. The summed E-state index contributed by atoms with van der Waals surface area (Å²) in [4.78, 5) is 28.0. The van der Waals surface area contributed by atoms with Gasteiger partial charge in [-0.2, -0.15) is 0 Å². The molecule has 0 aromatic heterocycles. The van der Waals surface area contributed by atoms with Gasteiger partial charge in [0.1, 0.15) is 0 Å². The van der Waals surface area contributed by atoms with Gasteiger partial charge in [0.25, 0.3) is 5.91 Å². The predicted octanol–water partition coefficient (Wildman–Crippen LogP) is 2.03. The second-order valence-electron chi connectivity index (χ2n) is 5.40. The van der Waals surface area contributed by atoms with E-state index in [4.69, 9.17) is 11.6 Å². The minimum atomic E-state index is -0.00831. The van der Waals surface area contributed by atoms with Crippen molar-refractivity contribution in [1.29, 1.82) is 0 Å². The third-order valence-electron chi connectivity index (χ3n) is 3.88. The number of halogens is 1. The normalized spacial score (nSPS) is 19.1. The van der Waals surface area contributed by atoms with Gasteiger partial charge in [-0.1, -0.05) is 17.7 Å². The molecule has 2 aliphatic rings. The zero-order valence-electron chi connectivity index (χ0n) is 11.2. The maximum absolute atomic E-state index is 12.3. The number of amides is 2. The fraction of sp³-hybridized carbons (Fsp3) is 0.467. The van der Waals surface area contributed by atoms with Crippen molar-refractivity contribution in [2.24, 2.45) is 5.92 Å². The lowest BCUT2D eigenvalue weighted by Gasteiger charge is -2.35.